The molecule has 1 aliphatic rings. The molecule has 7 heteroatoms. The van der Waals surface area contributed by atoms with Gasteiger partial charge in [-0.15, -0.1) is 0 Å². The largest absolute Gasteiger partial charge is 0.458 e. The summed E-state index contributed by atoms with van der Waals surface area (Å²) in [5.41, 5.74) is 1.50. The molecule has 7 nitrogen and oxygen atoms in total. The fourth-order valence-corrected chi connectivity index (χ4v) is 3.41. The normalized spacial score (nSPS) is 18.6. The molecule has 1 heterocycles. The van der Waals surface area contributed by atoms with E-state index in [0.29, 0.717) is 12.1 Å². The van der Waals surface area contributed by atoms with Gasteiger partial charge in [-0.25, -0.2) is 0 Å². The molecular weight excluding hydrogens is 360 g/mol. The number of amides is 1. The Kier molecular flexibility index (Phi) is 5.73. The Hall–Kier alpha value is -3.22. The van der Waals surface area contributed by atoms with Crippen molar-refractivity contribution in [1.29, 1.82) is 0 Å². The first-order valence-corrected chi connectivity index (χ1v) is 9.16. The van der Waals surface area contributed by atoms with Crippen molar-refractivity contribution in [3.63, 3.8) is 0 Å². The predicted molar refractivity (Wildman–Crippen MR) is 102 cm³/mol. The number of non-ortho nitro benzene ring substituents is 1. The van der Waals surface area contributed by atoms with E-state index in [4.69, 9.17) is 4.74 Å². The molecule has 0 spiro atoms. The number of hydrogen-bond donors (Lipinski definition) is 0. The van der Waals surface area contributed by atoms with Crippen LogP contribution in [0.2, 0.25) is 0 Å². The van der Waals surface area contributed by atoms with Crippen LogP contribution in [0.25, 0.3) is 0 Å². The maximum Gasteiger partial charge on any atom is 0.311 e. The first kappa shape index (κ1) is 19.5. The van der Waals surface area contributed by atoms with Gasteiger partial charge in [0.05, 0.1) is 16.9 Å². The van der Waals surface area contributed by atoms with Gasteiger partial charge in [-0.3, -0.25) is 19.7 Å². The third-order valence-electron chi connectivity index (χ3n) is 5.08. The number of benzene rings is 2. The van der Waals surface area contributed by atoms with Crippen LogP contribution in [0.3, 0.4) is 0 Å². The van der Waals surface area contributed by atoms with Crippen molar-refractivity contribution in [2.24, 2.45) is 5.92 Å². The number of nitrogens with zero attached hydrogens (tertiary/aromatic N) is 2. The van der Waals surface area contributed by atoms with E-state index in [-0.39, 0.29) is 24.1 Å². The van der Waals surface area contributed by atoms with E-state index >= 15 is 0 Å². The number of nitro groups is 1. The number of carbonyl (C=O) groups is 2. The molecular formula is C21H22N2O5. The summed E-state index contributed by atoms with van der Waals surface area (Å²) in [4.78, 5) is 37.1. The van der Waals surface area contributed by atoms with Crippen molar-refractivity contribution >= 4 is 17.6 Å². The lowest BCUT2D eigenvalue weighted by Crippen LogP contribution is -2.29. The van der Waals surface area contributed by atoms with E-state index in [1.807, 2.05) is 37.3 Å². The Morgan fingerprint density at radius 3 is 2.50 bits per heavy atom. The molecule has 0 aliphatic carbocycles. The van der Waals surface area contributed by atoms with Crippen molar-refractivity contribution in [1.82, 2.24) is 4.90 Å². The van der Waals surface area contributed by atoms with Crippen LogP contribution >= 0.6 is 0 Å². The highest BCUT2D eigenvalue weighted by Gasteiger charge is 2.38. The molecule has 146 valence electrons. The van der Waals surface area contributed by atoms with Crippen molar-refractivity contribution in [2.45, 2.75) is 32.4 Å². The number of ether oxygens (including phenoxy) is 1. The molecule has 0 aromatic heterocycles. The van der Waals surface area contributed by atoms with Crippen LogP contribution in [0.5, 0.6) is 0 Å². The van der Waals surface area contributed by atoms with Crippen LogP contribution in [-0.4, -0.2) is 28.2 Å². The summed E-state index contributed by atoms with van der Waals surface area (Å²) in [5, 5.41) is 10.9. The summed E-state index contributed by atoms with van der Waals surface area (Å²) in [6, 6.07) is 15.5. The summed E-state index contributed by atoms with van der Waals surface area (Å²) in [6.45, 7) is 3.90. The first-order valence-electron chi connectivity index (χ1n) is 9.16. The highest BCUT2D eigenvalue weighted by atomic mass is 16.6. The number of esters is 1. The summed E-state index contributed by atoms with van der Waals surface area (Å²) >= 11 is 0. The van der Waals surface area contributed by atoms with Crippen molar-refractivity contribution in [3.05, 3.63) is 75.8 Å². The second-order valence-electron chi connectivity index (χ2n) is 6.97. The van der Waals surface area contributed by atoms with Gasteiger partial charge < -0.3 is 9.64 Å². The molecule has 3 rings (SSSR count). The van der Waals surface area contributed by atoms with E-state index in [1.165, 1.54) is 12.1 Å². The number of likely N-dealkylation sites (tertiary alicyclic amines) is 1. The zero-order valence-corrected chi connectivity index (χ0v) is 15.8. The second kappa shape index (κ2) is 8.21. The smallest absolute Gasteiger partial charge is 0.311 e. The van der Waals surface area contributed by atoms with Gasteiger partial charge >= 0.3 is 5.97 Å². The molecule has 0 N–H and O–H groups in total. The SMILES string of the molecule is C[C@H](OC(=O)[C@@H]1CC(=O)N([C@@H](C)c2ccccc2)C1)c1cccc([N+](=O)[O-])c1. The lowest BCUT2D eigenvalue weighted by Gasteiger charge is -2.25. The fraction of sp³-hybridized carbons (Fsp3) is 0.333. The van der Waals surface area contributed by atoms with Gasteiger partial charge in [0, 0.05) is 25.1 Å². The van der Waals surface area contributed by atoms with Gasteiger partial charge in [-0.1, -0.05) is 42.5 Å². The average molecular weight is 382 g/mol. The van der Waals surface area contributed by atoms with Gasteiger partial charge in [0.15, 0.2) is 0 Å². The molecule has 0 radical (unpaired) electrons. The average Bonchev–Trinajstić information content (AvgIpc) is 3.10. The standard InChI is InChI=1S/C21H22N2O5/c1-14(16-7-4-3-5-8-16)22-13-18(12-20(22)24)21(25)28-15(2)17-9-6-10-19(11-17)23(26)27/h3-11,14-15,18H,12-13H2,1-2H3/t14-,15-,18+/m0/s1. The van der Waals surface area contributed by atoms with Crippen LogP contribution in [0.4, 0.5) is 5.69 Å². The number of nitro benzene ring substituents is 1. The van der Waals surface area contributed by atoms with Gasteiger partial charge in [-0.05, 0) is 25.0 Å². The highest BCUT2D eigenvalue weighted by Crippen LogP contribution is 2.30. The molecule has 2 aromatic carbocycles. The maximum absolute atomic E-state index is 12.6. The topological polar surface area (TPSA) is 89.8 Å². The van der Waals surface area contributed by atoms with Crippen molar-refractivity contribution in [2.75, 3.05) is 6.54 Å². The molecule has 28 heavy (non-hydrogen) atoms. The molecule has 1 saturated heterocycles. The molecule has 0 saturated carbocycles. The lowest BCUT2D eigenvalue weighted by atomic mass is 10.1. The van der Waals surface area contributed by atoms with Gasteiger partial charge in [0.25, 0.3) is 5.69 Å². The summed E-state index contributed by atoms with van der Waals surface area (Å²) in [7, 11) is 0. The summed E-state index contributed by atoms with van der Waals surface area (Å²) in [6.07, 6.45) is -0.527. The van der Waals surface area contributed by atoms with Crippen LogP contribution < -0.4 is 0 Å². The molecule has 1 aliphatic heterocycles. The predicted octanol–water partition coefficient (Wildman–Crippen LogP) is 3.81. The molecule has 1 fully saturated rings. The van der Waals surface area contributed by atoms with Crippen molar-refractivity contribution in [3.8, 4) is 0 Å². The molecule has 1 amide bonds. The summed E-state index contributed by atoms with van der Waals surface area (Å²) in [5.74, 6) is -1.09. The first-order chi connectivity index (χ1) is 13.4. The Balaban J connectivity index is 1.64. The Morgan fingerprint density at radius 2 is 1.82 bits per heavy atom. The van der Waals surface area contributed by atoms with Crippen LogP contribution in [0, 0.1) is 16.0 Å². The zero-order valence-electron chi connectivity index (χ0n) is 15.8. The van der Waals surface area contributed by atoms with Gasteiger partial charge in [0.2, 0.25) is 5.91 Å². The third kappa shape index (κ3) is 4.19. The minimum absolute atomic E-state index is 0.0562. The molecule has 0 unspecified atom stereocenters. The quantitative estimate of drug-likeness (QED) is 0.430. The van der Waals surface area contributed by atoms with E-state index < -0.39 is 22.9 Å². The maximum atomic E-state index is 12.6. The Morgan fingerprint density at radius 1 is 1.14 bits per heavy atom. The molecule has 2 aromatic rings. The van der Waals surface area contributed by atoms with Gasteiger partial charge in [0.1, 0.15) is 6.10 Å². The zero-order chi connectivity index (χ0) is 20.3. The van der Waals surface area contributed by atoms with Crippen molar-refractivity contribution < 1.29 is 19.2 Å². The van der Waals surface area contributed by atoms with E-state index in [1.54, 1.807) is 24.0 Å². The molecule has 0 bridgehead atoms. The van der Waals surface area contributed by atoms with Crippen LogP contribution in [-0.2, 0) is 14.3 Å². The Labute approximate surface area is 163 Å². The number of hydrogen-bond acceptors (Lipinski definition) is 5. The van der Waals surface area contributed by atoms with E-state index in [9.17, 15) is 19.7 Å². The highest BCUT2D eigenvalue weighted by molar-refractivity contribution is 5.87. The van der Waals surface area contributed by atoms with Crippen LogP contribution in [0.1, 0.15) is 43.5 Å². The van der Waals surface area contributed by atoms with Gasteiger partial charge in [-0.2, -0.15) is 0 Å². The monoisotopic (exact) mass is 382 g/mol. The fourth-order valence-electron chi connectivity index (χ4n) is 3.41. The minimum atomic E-state index is -0.636. The second-order valence-corrected chi connectivity index (χ2v) is 6.97. The number of carbonyl (C=O) groups excluding carboxylic acids is 2. The number of rotatable bonds is 6. The van der Waals surface area contributed by atoms with E-state index in [0.717, 1.165) is 5.56 Å². The Bertz CT molecular complexity index is 883. The third-order valence-corrected chi connectivity index (χ3v) is 5.08. The lowest BCUT2D eigenvalue weighted by molar-refractivity contribution is -0.385. The van der Waals surface area contributed by atoms with E-state index in [2.05, 4.69) is 0 Å². The molecule has 3 atom stereocenters. The minimum Gasteiger partial charge on any atom is -0.458 e. The van der Waals surface area contributed by atoms with Crippen LogP contribution in [0.15, 0.2) is 54.6 Å². The summed E-state index contributed by atoms with van der Waals surface area (Å²) < 4.78 is 5.50.